The number of carbonyl (C=O) groups excluding carboxylic acids is 2. The summed E-state index contributed by atoms with van der Waals surface area (Å²) in [6.07, 6.45) is 1.32. The second kappa shape index (κ2) is 7.43. The second-order valence-electron chi connectivity index (χ2n) is 4.91. The molecule has 21 heavy (non-hydrogen) atoms. The largest absolute Gasteiger partial charge is 0.368 e. The fraction of sp³-hybridized carbons (Fsp3) is 0.467. The first kappa shape index (κ1) is 15.8. The van der Waals surface area contributed by atoms with E-state index in [2.05, 4.69) is 5.32 Å². The summed E-state index contributed by atoms with van der Waals surface area (Å²) in [6.45, 7) is 2.85. The summed E-state index contributed by atoms with van der Waals surface area (Å²) in [4.78, 5) is 25.1. The molecule has 2 amide bonds. The van der Waals surface area contributed by atoms with Crippen LogP contribution in [0.2, 0.25) is 5.02 Å². The maximum Gasteiger partial charge on any atom is 0.249 e. The molecule has 0 aromatic heterocycles. The van der Waals surface area contributed by atoms with E-state index in [0.29, 0.717) is 30.4 Å². The van der Waals surface area contributed by atoms with Crippen LogP contribution in [0.1, 0.15) is 19.8 Å². The maximum atomic E-state index is 11.8. The van der Waals surface area contributed by atoms with Gasteiger partial charge in [0.25, 0.3) is 0 Å². The highest BCUT2D eigenvalue weighted by atomic mass is 35.5. The Balaban J connectivity index is 1.90. The zero-order valence-corrected chi connectivity index (χ0v) is 12.7. The van der Waals surface area contributed by atoms with E-state index in [1.807, 2.05) is 12.1 Å². The van der Waals surface area contributed by atoms with E-state index < -0.39 is 0 Å². The normalized spacial score (nSPS) is 17.5. The molecule has 1 aromatic carbocycles. The summed E-state index contributed by atoms with van der Waals surface area (Å²) in [5.41, 5.74) is 0.651. The van der Waals surface area contributed by atoms with Gasteiger partial charge >= 0.3 is 0 Å². The summed E-state index contributed by atoms with van der Waals surface area (Å²) in [6, 6.07) is 7.15. The molecule has 1 atom stereocenters. The van der Waals surface area contributed by atoms with Crippen LogP contribution in [0.5, 0.6) is 0 Å². The minimum Gasteiger partial charge on any atom is -0.368 e. The average Bonchev–Trinajstić information content (AvgIpc) is 2.98. The minimum absolute atomic E-state index is 0.116. The van der Waals surface area contributed by atoms with Gasteiger partial charge in [0.1, 0.15) is 6.10 Å². The van der Waals surface area contributed by atoms with Crippen LogP contribution in [0.25, 0.3) is 0 Å². The van der Waals surface area contributed by atoms with Crippen LogP contribution in [-0.4, -0.2) is 37.6 Å². The van der Waals surface area contributed by atoms with E-state index >= 15 is 0 Å². The second-order valence-corrected chi connectivity index (χ2v) is 5.32. The standard InChI is InChI=1S/C15H19ClN2O3/c1-11(19)18(13-6-3-2-5-12(13)16)9-8-17-15(20)14-7-4-10-21-14/h2-3,5-6,14H,4,7-10H2,1H3,(H,17,20). The van der Waals surface area contributed by atoms with Crippen molar-refractivity contribution in [2.75, 3.05) is 24.6 Å². The van der Waals surface area contributed by atoms with Crippen molar-refractivity contribution in [2.45, 2.75) is 25.9 Å². The van der Waals surface area contributed by atoms with Crippen LogP contribution < -0.4 is 10.2 Å². The maximum absolute atomic E-state index is 11.8. The predicted octanol–water partition coefficient (Wildman–Crippen LogP) is 1.99. The van der Waals surface area contributed by atoms with Gasteiger partial charge in [-0.2, -0.15) is 0 Å². The van der Waals surface area contributed by atoms with Crippen molar-refractivity contribution in [3.63, 3.8) is 0 Å². The van der Waals surface area contributed by atoms with Crippen LogP contribution in [-0.2, 0) is 14.3 Å². The Morgan fingerprint density at radius 2 is 2.19 bits per heavy atom. The van der Waals surface area contributed by atoms with Crippen LogP contribution >= 0.6 is 11.6 Å². The van der Waals surface area contributed by atoms with Gasteiger partial charge in [-0.1, -0.05) is 23.7 Å². The van der Waals surface area contributed by atoms with Crippen molar-refractivity contribution >= 4 is 29.1 Å². The zero-order chi connectivity index (χ0) is 15.2. The van der Waals surface area contributed by atoms with E-state index in [9.17, 15) is 9.59 Å². The highest BCUT2D eigenvalue weighted by molar-refractivity contribution is 6.33. The minimum atomic E-state index is -0.351. The van der Waals surface area contributed by atoms with Crippen molar-refractivity contribution in [1.82, 2.24) is 5.32 Å². The molecule has 1 aromatic rings. The molecule has 2 rings (SSSR count). The molecule has 1 unspecified atom stereocenters. The lowest BCUT2D eigenvalue weighted by Gasteiger charge is -2.22. The van der Waals surface area contributed by atoms with Crippen molar-refractivity contribution < 1.29 is 14.3 Å². The van der Waals surface area contributed by atoms with Gasteiger partial charge < -0.3 is 15.0 Å². The Bertz CT molecular complexity index is 515. The molecule has 1 saturated heterocycles. The van der Waals surface area contributed by atoms with Gasteiger partial charge in [0.15, 0.2) is 0 Å². The highest BCUT2D eigenvalue weighted by Crippen LogP contribution is 2.24. The third-order valence-electron chi connectivity index (χ3n) is 3.38. The van der Waals surface area contributed by atoms with Crippen molar-refractivity contribution in [1.29, 1.82) is 0 Å². The van der Waals surface area contributed by atoms with Gasteiger partial charge in [0.2, 0.25) is 11.8 Å². The number of benzene rings is 1. The lowest BCUT2D eigenvalue weighted by atomic mass is 10.2. The molecule has 5 nitrogen and oxygen atoms in total. The molecule has 0 saturated carbocycles. The monoisotopic (exact) mass is 310 g/mol. The van der Waals surface area contributed by atoms with E-state index in [4.69, 9.17) is 16.3 Å². The van der Waals surface area contributed by atoms with Crippen LogP contribution in [0.3, 0.4) is 0 Å². The molecule has 0 radical (unpaired) electrons. The highest BCUT2D eigenvalue weighted by Gasteiger charge is 2.23. The molecule has 0 aliphatic carbocycles. The fourth-order valence-electron chi connectivity index (χ4n) is 2.31. The molecular weight excluding hydrogens is 292 g/mol. The van der Waals surface area contributed by atoms with Crippen molar-refractivity contribution in [2.24, 2.45) is 0 Å². The first-order valence-corrected chi connectivity index (χ1v) is 7.39. The molecule has 0 bridgehead atoms. The Labute approximate surface area is 129 Å². The lowest BCUT2D eigenvalue weighted by molar-refractivity contribution is -0.130. The van der Waals surface area contributed by atoms with E-state index in [1.54, 1.807) is 17.0 Å². The molecule has 1 aliphatic rings. The van der Waals surface area contributed by atoms with Gasteiger partial charge in [0, 0.05) is 26.6 Å². The van der Waals surface area contributed by atoms with Gasteiger partial charge in [0.05, 0.1) is 10.7 Å². The quantitative estimate of drug-likeness (QED) is 0.905. The van der Waals surface area contributed by atoms with Crippen LogP contribution in [0.4, 0.5) is 5.69 Å². The molecule has 1 N–H and O–H groups in total. The van der Waals surface area contributed by atoms with Gasteiger partial charge in [-0.3, -0.25) is 9.59 Å². The van der Waals surface area contributed by atoms with Crippen LogP contribution in [0, 0.1) is 0 Å². The third-order valence-corrected chi connectivity index (χ3v) is 3.70. The lowest BCUT2D eigenvalue weighted by Crippen LogP contribution is -2.41. The first-order valence-electron chi connectivity index (χ1n) is 7.01. The summed E-state index contributed by atoms with van der Waals surface area (Å²) in [5.74, 6) is -0.232. The number of nitrogens with zero attached hydrogens (tertiary/aromatic N) is 1. The number of amides is 2. The number of anilines is 1. The Morgan fingerprint density at radius 1 is 1.43 bits per heavy atom. The van der Waals surface area contributed by atoms with Crippen LogP contribution in [0.15, 0.2) is 24.3 Å². The van der Waals surface area contributed by atoms with Gasteiger partial charge in [-0.15, -0.1) is 0 Å². The number of para-hydroxylation sites is 1. The van der Waals surface area contributed by atoms with Crippen molar-refractivity contribution in [3.05, 3.63) is 29.3 Å². The molecule has 114 valence electrons. The number of nitrogens with one attached hydrogen (secondary N) is 1. The van der Waals surface area contributed by atoms with E-state index in [1.165, 1.54) is 6.92 Å². The summed E-state index contributed by atoms with van der Waals surface area (Å²) in [7, 11) is 0. The SMILES string of the molecule is CC(=O)N(CCNC(=O)C1CCCO1)c1ccccc1Cl. The number of halogens is 1. The summed E-state index contributed by atoms with van der Waals surface area (Å²) >= 11 is 6.11. The Morgan fingerprint density at radius 3 is 2.81 bits per heavy atom. The Hall–Kier alpha value is -1.59. The predicted molar refractivity (Wildman–Crippen MR) is 81.5 cm³/mol. The molecule has 1 heterocycles. The summed E-state index contributed by atoms with van der Waals surface area (Å²) < 4.78 is 5.31. The zero-order valence-electron chi connectivity index (χ0n) is 12.0. The number of rotatable bonds is 5. The molecular formula is C15H19ClN2O3. The fourth-order valence-corrected chi connectivity index (χ4v) is 2.55. The van der Waals surface area contributed by atoms with Gasteiger partial charge in [-0.25, -0.2) is 0 Å². The topological polar surface area (TPSA) is 58.6 Å². The third kappa shape index (κ3) is 4.19. The number of ether oxygens (including phenoxy) is 1. The first-order chi connectivity index (χ1) is 10.1. The number of hydrogen-bond donors (Lipinski definition) is 1. The molecule has 1 aliphatic heterocycles. The van der Waals surface area contributed by atoms with Crippen molar-refractivity contribution in [3.8, 4) is 0 Å². The molecule has 0 spiro atoms. The smallest absolute Gasteiger partial charge is 0.249 e. The number of carbonyl (C=O) groups is 2. The van der Waals surface area contributed by atoms with E-state index in [-0.39, 0.29) is 17.9 Å². The summed E-state index contributed by atoms with van der Waals surface area (Å²) in [5, 5.41) is 3.31. The number of hydrogen-bond acceptors (Lipinski definition) is 3. The Kier molecular flexibility index (Phi) is 5.59. The average molecular weight is 311 g/mol. The van der Waals surface area contributed by atoms with E-state index in [0.717, 1.165) is 12.8 Å². The molecule has 1 fully saturated rings. The molecule has 6 heteroatoms. The van der Waals surface area contributed by atoms with Gasteiger partial charge in [-0.05, 0) is 25.0 Å².